The number of aromatic nitrogens is 2. The number of hydrogen-bond donors (Lipinski definition) is 0. The van der Waals surface area contributed by atoms with E-state index < -0.39 is 0 Å². The van der Waals surface area contributed by atoms with Gasteiger partial charge in [-0.15, -0.1) is 0 Å². The molecule has 0 aliphatic carbocycles. The van der Waals surface area contributed by atoms with Gasteiger partial charge in [-0.25, -0.2) is 9.97 Å². The average Bonchev–Trinajstić information content (AvgIpc) is 2.63. The molecule has 2 fully saturated rings. The Kier molecular flexibility index (Phi) is 6.42. The summed E-state index contributed by atoms with van der Waals surface area (Å²) in [4.78, 5) is 16.8. The SMILES string of the molecule is CC(C)c1nccc(CN2CCC(C(C)N3CCN(C)CC3)CC2)n1. The lowest BCUT2D eigenvalue weighted by molar-refractivity contribution is 0.0595. The fraction of sp³-hybridized carbons (Fsp3) is 0.800. The molecule has 5 nitrogen and oxygen atoms in total. The maximum absolute atomic E-state index is 4.74. The van der Waals surface area contributed by atoms with E-state index in [0.29, 0.717) is 5.92 Å². The van der Waals surface area contributed by atoms with Crippen LogP contribution in [0, 0.1) is 5.92 Å². The van der Waals surface area contributed by atoms with E-state index in [1.807, 2.05) is 6.20 Å². The second-order valence-corrected chi connectivity index (χ2v) is 8.25. The molecule has 0 spiro atoms. The number of nitrogens with zero attached hydrogens (tertiary/aromatic N) is 5. The summed E-state index contributed by atoms with van der Waals surface area (Å²) in [6, 6.07) is 2.80. The Balaban J connectivity index is 1.48. The van der Waals surface area contributed by atoms with Crippen molar-refractivity contribution in [1.82, 2.24) is 24.7 Å². The van der Waals surface area contributed by atoms with Crippen molar-refractivity contribution in [2.24, 2.45) is 5.92 Å². The van der Waals surface area contributed by atoms with Gasteiger partial charge in [-0.3, -0.25) is 9.80 Å². The molecule has 0 aromatic carbocycles. The summed E-state index contributed by atoms with van der Waals surface area (Å²) in [6.45, 7) is 15.0. The van der Waals surface area contributed by atoms with Crippen molar-refractivity contribution in [2.45, 2.75) is 52.1 Å². The van der Waals surface area contributed by atoms with Gasteiger partial charge in [-0.2, -0.15) is 0 Å². The van der Waals surface area contributed by atoms with Crippen LogP contribution in [0.1, 0.15) is 51.0 Å². The number of likely N-dealkylation sites (N-methyl/N-ethyl adjacent to an activating group) is 1. The molecule has 0 radical (unpaired) electrons. The summed E-state index contributed by atoms with van der Waals surface area (Å²) in [5, 5.41) is 0. The summed E-state index contributed by atoms with van der Waals surface area (Å²) >= 11 is 0. The third kappa shape index (κ3) is 4.99. The van der Waals surface area contributed by atoms with Crippen LogP contribution in [0.25, 0.3) is 0 Å². The largest absolute Gasteiger partial charge is 0.304 e. The maximum Gasteiger partial charge on any atom is 0.131 e. The first-order valence-corrected chi connectivity index (χ1v) is 9.99. The van der Waals surface area contributed by atoms with Crippen LogP contribution in [0.3, 0.4) is 0 Å². The summed E-state index contributed by atoms with van der Waals surface area (Å²) in [5.74, 6) is 2.21. The Labute approximate surface area is 153 Å². The molecule has 0 N–H and O–H groups in total. The number of hydrogen-bond acceptors (Lipinski definition) is 5. The zero-order valence-electron chi connectivity index (χ0n) is 16.5. The predicted octanol–water partition coefficient (Wildman–Crippen LogP) is 2.45. The van der Waals surface area contributed by atoms with Crippen LogP contribution in [0.2, 0.25) is 0 Å². The topological polar surface area (TPSA) is 35.5 Å². The van der Waals surface area contributed by atoms with Crippen LogP contribution in [0.5, 0.6) is 0 Å². The van der Waals surface area contributed by atoms with Crippen molar-refractivity contribution in [1.29, 1.82) is 0 Å². The standard InChI is InChI=1S/C20H35N5/c1-16(2)20-21-8-5-19(22-20)15-24-9-6-18(7-10-24)17(3)25-13-11-23(4)12-14-25/h5,8,16-18H,6-7,9-15H2,1-4H3. The summed E-state index contributed by atoms with van der Waals surface area (Å²) < 4.78 is 0. The Bertz CT molecular complexity index is 531. The van der Waals surface area contributed by atoms with E-state index in [-0.39, 0.29) is 0 Å². The molecule has 2 saturated heterocycles. The van der Waals surface area contributed by atoms with E-state index in [0.717, 1.165) is 24.3 Å². The van der Waals surface area contributed by atoms with Gasteiger partial charge in [0.25, 0.3) is 0 Å². The molecule has 1 unspecified atom stereocenters. The Morgan fingerprint density at radius 1 is 1.04 bits per heavy atom. The van der Waals surface area contributed by atoms with Crippen molar-refractivity contribution in [3.63, 3.8) is 0 Å². The zero-order valence-corrected chi connectivity index (χ0v) is 16.5. The average molecular weight is 346 g/mol. The molecule has 5 heteroatoms. The third-order valence-electron chi connectivity index (χ3n) is 6.06. The predicted molar refractivity (Wildman–Crippen MR) is 103 cm³/mol. The van der Waals surface area contributed by atoms with Gasteiger partial charge >= 0.3 is 0 Å². The van der Waals surface area contributed by atoms with E-state index in [9.17, 15) is 0 Å². The third-order valence-corrected chi connectivity index (χ3v) is 6.06. The monoisotopic (exact) mass is 345 g/mol. The quantitative estimate of drug-likeness (QED) is 0.819. The summed E-state index contributed by atoms with van der Waals surface area (Å²) in [5.41, 5.74) is 1.17. The number of likely N-dealkylation sites (tertiary alicyclic amines) is 1. The molecule has 3 rings (SSSR count). The van der Waals surface area contributed by atoms with Gasteiger partial charge in [0.2, 0.25) is 0 Å². The first kappa shape index (κ1) is 18.7. The molecule has 1 aromatic rings. The number of piperazine rings is 1. The van der Waals surface area contributed by atoms with Gasteiger partial charge in [0.1, 0.15) is 5.82 Å². The molecular weight excluding hydrogens is 310 g/mol. The van der Waals surface area contributed by atoms with Crippen molar-refractivity contribution >= 4 is 0 Å². The zero-order chi connectivity index (χ0) is 17.8. The summed E-state index contributed by atoms with van der Waals surface area (Å²) in [7, 11) is 2.23. The van der Waals surface area contributed by atoms with E-state index >= 15 is 0 Å². The first-order valence-electron chi connectivity index (χ1n) is 9.99. The Morgan fingerprint density at radius 2 is 1.72 bits per heavy atom. The highest BCUT2D eigenvalue weighted by Crippen LogP contribution is 2.25. The minimum Gasteiger partial charge on any atom is -0.304 e. The van der Waals surface area contributed by atoms with Crippen LogP contribution in [0.15, 0.2) is 12.3 Å². The highest BCUT2D eigenvalue weighted by Gasteiger charge is 2.29. The van der Waals surface area contributed by atoms with Crippen LogP contribution >= 0.6 is 0 Å². The lowest BCUT2D eigenvalue weighted by Crippen LogP contribution is -2.51. The van der Waals surface area contributed by atoms with E-state index in [4.69, 9.17) is 4.98 Å². The minimum atomic E-state index is 0.398. The molecular formula is C20H35N5. The van der Waals surface area contributed by atoms with E-state index in [1.54, 1.807) is 0 Å². The van der Waals surface area contributed by atoms with Crippen LogP contribution in [-0.2, 0) is 6.54 Å². The van der Waals surface area contributed by atoms with Crippen molar-refractivity contribution in [2.75, 3.05) is 46.3 Å². The number of piperidine rings is 1. The van der Waals surface area contributed by atoms with Crippen molar-refractivity contribution in [3.05, 3.63) is 23.8 Å². The highest BCUT2D eigenvalue weighted by atomic mass is 15.3. The molecule has 2 aliphatic rings. The molecule has 3 heterocycles. The van der Waals surface area contributed by atoms with Gasteiger partial charge in [0.15, 0.2) is 0 Å². The van der Waals surface area contributed by atoms with Crippen LogP contribution in [-0.4, -0.2) is 77.0 Å². The van der Waals surface area contributed by atoms with Gasteiger partial charge in [-0.05, 0) is 51.9 Å². The fourth-order valence-corrected chi connectivity index (χ4v) is 4.13. The molecule has 0 saturated carbocycles. The molecule has 0 amide bonds. The Morgan fingerprint density at radius 3 is 2.36 bits per heavy atom. The second-order valence-electron chi connectivity index (χ2n) is 8.25. The first-order chi connectivity index (χ1) is 12.0. The van der Waals surface area contributed by atoms with Gasteiger partial charge in [0.05, 0.1) is 5.69 Å². The normalized spacial score (nSPS) is 23.2. The molecule has 1 aromatic heterocycles. The molecule has 25 heavy (non-hydrogen) atoms. The van der Waals surface area contributed by atoms with E-state index in [1.165, 1.54) is 57.8 Å². The van der Waals surface area contributed by atoms with Crippen molar-refractivity contribution < 1.29 is 0 Å². The molecule has 2 aliphatic heterocycles. The number of rotatable bonds is 5. The molecule has 1 atom stereocenters. The maximum atomic E-state index is 4.74. The van der Waals surface area contributed by atoms with Crippen LogP contribution < -0.4 is 0 Å². The lowest BCUT2D eigenvalue weighted by Gasteiger charge is -2.42. The van der Waals surface area contributed by atoms with E-state index in [2.05, 4.69) is 53.6 Å². The van der Waals surface area contributed by atoms with Gasteiger partial charge in [-0.1, -0.05) is 13.8 Å². The fourth-order valence-electron chi connectivity index (χ4n) is 4.13. The minimum absolute atomic E-state index is 0.398. The lowest BCUT2D eigenvalue weighted by atomic mass is 9.89. The van der Waals surface area contributed by atoms with Gasteiger partial charge in [0, 0.05) is 50.9 Å². The molecule has 140 valence electrons. The smallest absolute Gasteiger partial charge is 0.131 e. The van der Waals surface area contributed by atoms with Gasteiger partial charge < -0.3 is 4.90 Å². The Hall–Kier alpha value is -1.04. The van der Waals surface area contributed by atoms with Crippen molar-refractivity contribution in [3.8, 4) is 0 Å². The summed E-state index contributed by atoms with van der Waals surface area (Å²) in [6.07, 6.45) is 4.55. The molecule has 0 bridgehead atoms. The second kappa shape index (κ2) is 8.56. The highest BCUT2D eigenvalue weighted by molar-refractivity contribution is 5.05. The van der Waals surface area contributed by atoms with Crippen LogP contribution in [0.4, 0.5) is 0 Å².